The van der Waals surface area contributed by atoms with Crippen LogP contribution in [0.25, 0.3) is 0 Å². The second-order valence-corrected chi connectivity index (χ2v) is 5.04. The maximum absolute atomic E-state index is 11.9. The topological polar surface area (TPSA) is 75.4 Å². The van der Waals surface area contributed by atoms with Gasteiger partial charge in [-0.3, -0.25) is 4.79 Å². The monoisotopic (exact) mass is 284 g/mol. The third kappa shape index (κ3) is 2.20. The molecule has 0 heterocycles. The van der Waals surface area contributed by atoms with Crippen LogP contribution in [-0.4, -0.2) is 23.2 Å². The maximum atomic E-state index is 11.9. The van der Waals surface area contributed by atoms with E-state index in [1.807, 2.05) is 0 Å². The number of carbonyl (C=O) groups is 1. The van der Waals surface area contributed by atoms with Crippen LogP contribution in [0.2, 0.25) is 0 Å². The Morgan fingerprint density at radius 1 is 1.56 bits per heavy atom. The summed E-state index contributed by atoms with van der Waals surface area (Å²) < 4.78 is 0.838. The fourth-order valence-electron chi connectivity index (χ4n) is 1.52. The third-order valence-corrected chi connectivity index (χ3v) is 3.29. The molecule has 2 rings (SSSR count). The number of hydrogen-bond donors (Lipinski definition) is 3. The highest BCUT2D eigenvalue weighted by Gasteiger charge is 2.43. The summed E-state index contributed by atoms with van der Waals surface area (Å²) in [6.07, 6.45) is 1.65. The molecule has 86 valence electrons. The van der Waals surface area contributed by atoms with Gasteiger partial charge in [0, 0.05) is 10.2 Å². The molecule has 5 heteroatoms. The lowest BCUT2D eigenvalue weighted by Crippen LogP contribution is -2.39. The number of nitrogen functional groups attached to an aromatic ring is 1. The van der Waals surface area contributed by atoms with Gasteiger partial charge in [-0.25, -0.2) is 0 Å². The van der Waals surface area contributed by atoms with Gasteiger partial charge in [-0.15, -0.1) is 0 Å². The van der Waals surface area contributed by atoms with Gasteiger partial charge < -0.3 is 16.2 Å². The molecule has 1 aliphatic rings. The van der Waals surface area contributed by atoms with Gasteiger partial charge in [0.25, 0.3) is 5.91 Å². The number of halogens is 1. The van der Waals surface area contributed by atoms with Crippen molar-refractivity contribution in [2.24, 2.45) is 0 Å². The van der Waals surface area contributed by atoms with E-state index in [9.17, 15) is 4.79 Å². The number of hydrogen-bond acceptors (Lipinski definition) is 3. The fraction of sp³-hybridized carbons (Fsp3) is 0.364. The lowest BCUT2D eigenvalue weighted by Gasteiger charge is -2.15. The van der Waals surface area contributed by atoms with Gasteiger partial charge in [0.05, 0.1) is 17.7 Å². The van der Waals surface area contributed by atoms with Crippen molar-refractivity contribution in [3.8, 4) is 0 Å². The zero-order valence-electron chi connectivity index (χ0n) is 8.66. The molecule has 1 fully saturated rings. The van der Waals surface area contributed by atoms with Gasteiger partial charge >= 0.3 is 0 Å². The molecule has 4 N–H and O–H groups in total. The molecule has 0 radical (unpaired) electrons. The number of carbonyl (C=O) groups excluding carboxylic acids is 1. The summed E-state index contributed by atoms with van der Waals surface area (Å²) in [6.45, 7) is -0.0187. The Hall–Kier alpha value is -1.07. The molecule has 0 unspecified atom stereocenters. The van der Waals surface area contributed by atoms with Crippen LogP contribution < -0.4 is 11.1 Å². The summed E-state index contributed by atoms with van der Waals surface area (Å²) in [7, 11) is 0. The molecule has 1 aliphatic carbocycles. The molecule has 1 aromatic carbocycles. The van der Waals surface area contributed by atoms with Crippen LogP contribution in [0.4, 0.5) is 5.69 Å². The molecule has 0 saturated heterocycles. The number of nitrogens with two attached hydrogens (primary N) is 1. The molecular weight excluding hydrogens is 272 g/mol. The van der Waals surface area contributed by atoms with Gasteiger partial charge in [0.2, 0.25) is 0 Å². The molecule has 0 spiro atoms. The molecular formula is C11H13BrN2O2. The van der Waals surface area contributed by atoms with Crippen LogP contribution in [0, 0.1) is 0 Å². The number of rotatable bonds is 3. The van der Waals surface area contributed by atoms with Crippen molar-refractivity contribution < 1.29 is 9.90 Å². The maximum Gasteiger partial charge on any atom is 0.253 e. The molecule has 0 aromatic heterocycles. The summed E-state index contributed by atoms with van der Waals surface area (Å²) in [5.41, 5.74) is 6.22. The molecule has 1 amide bonds. The van der Waals surface area contributed by atoms with Crippen LogP contribution in [-0.2, 0) is 0 Å². The largest absolute Gasteiger partial charge is 0.398 e. The van der Waals surface area contributed by atoms with Crippen molar-refractivity contribution in [3.05, 3.63) is 28.2 Å². The Morgan fingerprint density at radius 2 is 2.25 bits per heavy atom. The number of aliphatic hydroxyl groups is 1. The highest BCUT2D eigenvalue weighted by molar-refractivity contribution is 9.10. The molecule has 1 saturated carbocycles. The second kappa shape index (κ2) is 4.07. The minimum Gasteiger partial charge on any atom is -0.398 e. The quantitative estimate of drug-likeness (QED) is 0.732. The van der Waals surface area contributed by atoms with Crippen molar-refractivity contribution in [3.63, 3.8) is 0 Å². The first-order valence-corrected chi connectivity index (χ1v) is 5.84. The first-order valence-electron chi connectivity index (χ1n) is 5.05. The molecule has 0 bridgehead atoms. The Kier molecular flexibility index (Phi) is 2.90. The van der Waals surface area contributed by atoms with Crippen molar-refractivity contribution in [1.82, 2.24) is 5.32 Å². The normalized spacial score (nSPS) is 16.9. The van der Waals surface area contributed by atoms with E-state index < -0.39 is 5.54 Å². The molecule has 16 heavy (non-hydrogen) atoms. The van der Waals surface area contributed by atoms with E-state index in [0.717, 1.165) is 17.3 Å². The fourth-order valence-corrected chi connectivity index (χ4v) is 1.90. The van der Waals surface area contributed by atoms with E-state index in [1.165, 1.54) is 0 Å². The molecule has 0 aliphatic heterocycles. The third-order valence-electron chi connectivity index (χ3n) is 2.79. The summed E-state index contributed by atoms with van der Waals surface area (Å²) in [6, 6.07) is 5.12. The predicted octanol–water partition coefficient (Wildman–Crippen LogP) is 1.29. The van der Waals surface area contributed by atoms with Crippen LogP contribution in [0.15, 0.2) is 22.7 Å². The first-order chi connectivity index (χ1) is 7.56. The van der Waals surface area contributed by atoms with Crippen LogP contribution in [0.5, 0.6) is 0 Å². The average Bonchev–Trinajstić information content (AvgIpc) is 2.98. The highest BCUT2D eigenvalue weighted by atomic mass is 79.9. The van der Waals surface area contributed by atoms with E-state index in [0.29, 0.717) is 11.3 Å². The Bertz CT molecular complexity index is 430. The van der Waals surface area contributed by atoms with Crippen LogP contribution >= 0.6 is 15.9 Å². The Labute approximate surface area is 102 Å². The Balaban J connectivity index is 2.15. The van der Waals surface area contributed by atoms with Gasteiger partial charge in [0.15, 0.2) is 0 Å². The van der Waals surface area contributed by atoms with Crippen LogP contribution in [0.1, 0.15) is 23.2 Å². The Morgan fingerprint density at radius 3 is 2.75 bits per heavy atom. The minimum atomic E-state index is -0.406. The SMILES string of the molecule is Nc1cc(Br)ccc1C(=O)NC1(CO)CC1. The minimum absolute atomic E-state index is 0.0187. The number of nitrogens with one attached hydrogen (secondary N) is 1. The van der Waals surface area contributed by atoms with Gasteiger partial charge in [-0.05, 0) is 31.0 Å². The summed E-state index contributed by atoms with van der Waals surface area (Å²) in [5, 5.41) is 11.9. The summed E-state index contributed by atoms with van der Waals surface area (Å²) >= 11 is 3.28. The lowest BCUT2D eigenvalue weighted by molar-refractivity contribution is 0.0907. The van der Waals surface area contributed by atoms with Crippen molar-refractivity contribution >= 4 is 27.5 Å². The lowest BCUT2D eigenvalue weighted by atomic mass is 10.1. The van der Waals surface area contributed by atoms with E-state index >= 15 is 0 Å². The van der Waals surface area contributed by atoms with Gasteiger partial charge in [0.1, 0.15) is 0 Å². The van der Waals surface area contributed by atoms with Gasteiger partial charge in [-0.2, -0.15) is 0 Å². The van der Waals surface area contributed by atoms with Crippen molar-refractivity contribution in [2.45, 2.75) is 18.4 Å². The van der Waals surface area contributed by atoms with E-state index in [1.54, 1.807) is 18.2 Å². The molecule has 1 aromatic rings. The smallest absolute Gasteiger partial charge is 0.253 e. The molecule has 4 nitrogen and oxygen atoms in total. The summed E-state index contributed by atoms with van der Waals surface area (Å²) in [4.78, 5) is 11.9. The highest BCUT2D eigenvalue weighted by Crippen LogP contribution is 2.35. The number of aliphatic hydroxyl groups excluding tert-OH is 1. The zero-order valence-corrected chi connectivity index (χ0v) is 10.3. The van der Waals surface area contributed by atoms with E-state index in [2.05, 4.69) is 21.2 Å². The number of amides is 1. The average molecular weight is 285 g/mol. The summed E-state index contributed by atoms with van der Waals surface area (Å²) in [5.74, 6) is -0.225. The first kappa shape index (κ1) is 11.4. The van der Waals surface area contributed by atoms with Crippen molar-refractivity contribution in [2.75, 3.05) is 12.3 Å². The van der Waals surface area contributed by atoms with E-state index in [4.69, 9.17) is 10.8 Å². The second-order valence-electron chi connectivity index (χ2n) is 4.12. The van der Waals surface area contributed by atoms with E-state index in [-0.39, 0.29) is 12.5 Å². The predicted molar refractivity (Wildman–Crippen MR) is 65.1 cm³/mol. The zero-order chi connectivity index (χ0) is 11.8. The number of benzene rings is 1. The molecule has 0 atom stereocenters. The standard InChI is InChI=1S/C11H13BrN2O2/c12-7-1-2-8(9(13)5-7)10(16)14-11(6-15)3-4-11/h1-2,5,15H,3-4,6,13H2,(H,14,16). The number of anilines is 1. The van der Waals surface area contributed by atoms with Gasteiger partial charge in [-0.1, -0.05) is 15.9 Å². The van der Waals surface area contributed by atoms with Crippen LogP contribution in [0.3, 0.4) is 0 Å². The van der Waals surface area contributed by atoms with Crippen molar-refractivity contribution in [1.29, 1.82) is 0 Å².